The van der Waals surface area contributed by atoms with Crippen LogP contribution < -0.4 is 5.32 Å². The third kappa shape index (κ3) is 4.80. The monoisotopic (exact) mass is 309 g/mol. The number of hydrogen-bond acceptors (Lipinski definition) is 2. The van der Waals surface area contributed by atoms with Crippen molar-refractivity contribution in [1.82, 2.24) is 5.32 Å². The molecule has 20 heavy (non-hydrogen) atoms. The molecule has 1 atom stereocenters. The van der Waals surface area contributed by atoms with Crippen LogP contribution in [0.1, 0.15) is 11.1 Å². The molecule has 0 saturated heterocycles. The maximum atomic E-state index is 9.46. The maximum Gasteiger partial charge on any atom is 0.0587 e. The predicted molar refractivity (Wildman–Crippen MR) is 84.3 cm³/mol. The highest BCUT2D eigenvalue weighted by Crippen LogP contribution is 2.19. The van der Waals surface area contributed by atoms with E-state index in [0.29, 0.717) is 16.6 Å². The van der Waals surface area contributed by atoms with Crippen molar-refractivity contribution < 1.29 is 5.11 Å². The molecule has 106 valence electrons. The Kier molecular flexibility index (Phi) is 5.86. The van der Waals surface area contributed by atoms with Crippen molar-refractivity contribution in [1.29, 1.82) is 0 Å². The number of aliphatic hydroxyl groups is 1. The van der Waals surface area contributed by atoms with Crippen LogP contribution >= 0.6 is 23.2 Å². The summed E-state index contributed by atoms with van der Waals surface area (Å²) in [6.07, 6.45) is 0.783. The Balaban J connectivity index is 1.93. The summed E-state index contributed by atoms with van der Waals surface area (Å²) in [5.74, 6) is 0. The zero-order chi connectivity index (χ0) is 14.4. The molecular formula is C16H17Cl2NO. The summed E-state index contributed by atoms with van der Waals surface area (Å²) in [6.45, 7) is 0.710. The lowest BCUT2D eigenvalue weighted by Crippen LogP contribution is -2.34. The third-order valence-corrected chi connectivity index (χ3v) is 3.50. The highest BCUT2D eigenvalue weighted by atomic mass is 35.5. The van der Waals surface area contributed by atoms with Gasteiger partial charge in [-0.15, -0.1) is 0 Å². The molecule has 0 bridgehead atoms. The second-order valence-corrected chi connectivity index (χ2v) is 5.60. The molecule has 2 aromatic carbocycles. The summed E-state index contributed by atoms with van der Waals surface area (Å²) >= 11 is 11.9. The van der Waals surface area contributed by atoms with Gasteiger partial charge in [-0.2, -0.15) is 0 Å². The highest BCUT2D eigenvalue weighted by molar-refractivity contribution is 6.34. The minimum Gasteiger partial charge on any atom is -0.395 e. The molecule has 0 aliphatic heterocycles. The van der Waals surface area contributed by atoms with Crippen molar-refractivity contribution >= 4 is 23.2 Å². The van der Waals surface area contributed by atoms with E-state index >= 15 is 0 Å². The molecule has 2 rings (SSSR count). The smallest absolute Gasteiger partial charge is 0.0587 e. The fourth-order valence-electron chi connectivity index (χ4n) is 2.08. The quantitative estimate of drug-likeness (QED) is 0.853. The van der Waals surface area contributed by atoms with Crippen LogP contribution in [0.2, 0.25) is 10.0 Å². The van der Waals surface area contributed by atoms with Crippen LogP contribution in [0.15, 0.2) is 48.5 Å². The molecule has 0 heterocycles. The van der Waals surface area contributed by atoms with E-state index in [0.717, 1.165) is 12.0 Å². The first-order valence-electron chi connectivity index (χ1n) is 6.50. The molecule has 4 heteroatoms. The van der Waals surface area contributed by atoms with Crippen LogP contribution in [0, 0.1) is 0 Å². The second kappa shape index (κ2) is 7.65. The first-order chi connectivity index (χ1) is 9.67. The van der Waals surface area contributed by atoms with Crippen LogP contribution in [0.5, 0.6) is 0 Å². The molecule has 0 spiro atoms. The van der Waals surface area contributed by atoms with Gasteiger partial charge in [0.25, 0.3) is 0 Å². The molecule has 2 nitrogen and oxygen atoms in total. The molecule has 0 aliphatic rings. The van der Waals surface area contributed by atoms with Crippen molar-refractivity contribution in [2.75, 3.05) is 6.61 Å². The maximum absolute atomic E-state index is 9.46. The number of rotatable bonds is 6. The SMILES string of the molecule is OC[C@@H](Cc1ccccc1)NCc1cc(Cl)cc(Cl)c1. The lowest BCUT2D eigenvalue weighted by molar-refractivity contribution is 0.241. The van der Waals surface area contributed by atoms with Gasteiger partial charge in [0.2, 0.25) is 0 Å². The fourth-order valence-corrected chi connectivity index (χ4v) is 2.65. The van der Waals surface area contributed by atoms with Gasteiger partial charge in [-0.05, 0) is 35.7 Å². The minimum absolute atomic E-state index is 0.00940. The Labute approximate surface area is 129 Å². The summed E-state index contributed by atoms with van der Waals surface area (Å²) in [7, 11) is 0. The molecule has 0 aliphatic carbocycles. The van der Waals surface area contributed by atoms with Crippen molar-refractivity contribution in [3.8, 4) is 0 Å². The Hall–Kier alpha value is -1.06. The molecule has 0 fully saturated rings. The summed E-state index contributed by atoms with van der Waals surface area (Å²) in [6, 6.07) is 15.6. The van der Waals surface area contributed by atoms with Crippen LogP contribution in [0.3, 0.4) is 0 Å². The standard InChI is InChI=1S/C16H17Cl2NO/c17-14-6-13(7-15(18)9-14)10-19-16(11-20)8-12-4-2-1-3-5-12/h1-7,9,16,19-20H,8,10-11H2/t16-/m1/s1. The fraction of sp³-hybridized carbons (Fsp3) is 0.250. The van der Waals surface area contributed by atoms with E-state index < -0.39 is 0 Å². The van der Waals surface area contributed by atoms with E-state index in [-0.39, 0.29) is 12.6 Å². The van der Waals surface area contributed by atoms with Gasteiger partial charge >= 0.3 is 0 Å². The van der Waals surface area contributed by atoms with E-state index in [1.165, 1.54) is 5.56 Å². The normalized spacial score (nSPS) is 12.3. The van der Waals surface area contributed by atoms with Gasteiger partial charge in [0.05, 0.1) is 6.61 Å². The average Bonchev–Trinajstić information content (AvgIpc) is 2.43. The number of nitrogens with one attached hydrogen (secondary N) is 1. The summed E-state index contributed by atoms with van der Waals surface area (Å²) in [4.78, 5) is 0. The Morgan fingerprint density at radius 3 is 2.20 bits per heavy atom. The molecular weight excluding hydrogens is 293 g/mol. The van der Waals surface area contributed by atoms with Gasteiger partial charge in [0.1, 0.15) is 0 Å². The largest absolute Gasteiger partial charge is 0.395 e. The Bertz CT molecular complexity index is 525. The van der Waals surface area contributed by atoms with E-state index in [9.17, 15) is 5.11 Å². The topological polar surface area (TPSA) is 32.3 Å². The number of hydrogen-bond donors (Lipinski definition) is 2. The zero-order valence-corrected chi connectivity index (χ0v) is 12.5. The van der Waals surface area contributed by atoms with Crippen molar-refractivity contribution in [3.63, 3.8) is 0 Å². The molecule has 2 N–H and O–H groups in total. The molecule has 2 aromatic rings. The van der Waals surface area contributed by atoms with Gasteiger partial charge in [-0.3, -0.25) is 0 Å². The van der Waals surface area contributed by atoms with Gasteiger partial charge in [0, 0.05) is 22.6 Å². The van der Waals surface area contributed by atoms with Crippen LogP contribution in [0.25, 0.3) is 0 Å². The lowest BCUT2D eigenvalue weighted by atomic mass is 10.1. The van der Waals surface area contributed by atoms with E-state index in [1.807, 2.05) is 30.3 Å². The van der Waals surface area contributed by atoms with Gasteiger partial charge in [0.15, 0.2) is 0 Å². The number of benzene rings is 2. The molecule has 0 unspecified atom stereocenters. The van der Waals surface area contributed by atoms with Gasteiger partial charge in [-0.1, -0.05) is 53.5 Å². The second-order valence-electron chi connectivity index (χ2n) is 4.73. The Morgan fingerprint density at radius 2 is 1.60 bits per heavy atom. The first-order valence-corrected chi connectivity index (χ1v) is 7.26. The Morgan fingerprint density at radius 1 is 0.950 bits per heavy atom. The summed E-state index contributed by atoms with van der Waals surface area (Å²) in [5.41, 5.74) is 2.21. The van der Waals surface area contributed by atoms with E-state index in [2.05, 4.69) is 17.4 Å². The third-order valence-electron chi connectivity index (χ3n) is 3.06. The average molecular weight is 310 g/mol. The highest BCUT2D eigenvalue weighted by Gasteiger charge is 2.08. The van der Waals surface area contributed by atoms with E-state index in [1.54, 1.807) is 6.07 Å². The molecule has 0 radical (unpaired) electrons. The molecule has 0 amide bonds. The molecule has 0 saturated carbocycles. The first kappa shape index (κ1) is 15.3. The zero-order valence-electron chi connectivity index (χ0n) is 11.0. The van der Waals surface area contributed by atoms with Crippen LogP contribution in [0.4, 0.5) is 0 Å². The van der Waals surface area contributed by atoms with Crippen molar-refractivity contribution in [2.24, 2.45) is 0 Å². The number of halogens is 2. The predicted octanol–water partition coefficient (Wildman–Crippen LogP) is 3.69. The van der Waals surface area contributed by atoms with Crippen molar-refractivity contribution in [3.05, 3.63) is 69.7 Å². The number of aliphatic hydroxyl groups excluding tert-OH is 1. The van der Waals surface area contributed by atoms with Crippen LogP contribution in [-0.4, -0.2) is 17.8 Å². The van der Waals surface area contributed by atoms with Gasteiger partial charge < -0.3 is 10.4 Å². The van der Waals surface area contributed by atoms with Crippen molar-refractivity contribution in [2.45, 2.75) is 19.0 Å². The molecule has 0 aromatic heterocycles. The van der Waals surface area contributed by atoms with Gasteiger partial charge in [-0.25, -0.2) is 0 Å². The minimum atomic E-state index is 0.00940. The van der Waals surface area contributed by atoms with Crippen LogP contribution in [-0.2, 0) is 13.0 Å². The summed E-state index contributed by atoms with van der Waals surface area (Å²) in [5, 5.41) is 14.0. The van der Waals surface area contributed by atoms with E-state index in [4.69, 9.17) is 23.2 Å². The summed E-state index contributed by atoms with van der Waals surface area (Å²) < 4.78 is 0. The lowest BCUT2D eigenvalue weighted by Gasteiger charge is -2.16.